The van der Waals surface area contributed by atoms with Gasteiger partial charge < -0.3 is 5.11 Å². The van der Waals surface area contributed by atoms with Crippen LogP contribution in [0.3, 0.4) is 0 Å². The first kappa shape index (κ1) is 11.4. The molecule has 0 aromatic rings. The predicted molar refractivity (Wildman–Crippen MR) is 63.7 cm³/mol. The summed E-state index contributed by atoms with van der Waals surface area (Å²) in [5.41, 5.74) is 0.658. The Morgan fingerprint density at radius 3 is 2.60 bits per heavy atom. The summed E-state index contributed by atoms with van der Waals surface area (Å²) in [7, 11) is 0. The van der Waals surface area contributed by atoms with Gasteiger partial charge in [0.05, 0.1) is 0 Å². The van der Waals surface area contributed by atoms with E-state index in [1.807, 2.05) is 0 Å². The van der Waals surface area contributed by atoms with Crippen LogP contribution < -0.4 is 0 Å². The van der Waals surface area contributed by atoms with Crippen LogP contribution in [0.2, 0.25) is 0 Å². The topological polar surface area (TPSA) is 20.2 Å². The summed E-state index contributed by atoms with van der Waals surface area (Å²) in [6.45, 7) is 7.34. The Morgan fingerprint density at radius 2 is 1.93 bits per heavy atom. The molecular formula is C14H26O. The van der Waals surface area contributed by atoms with Gasteiger partial charge in [-0.1, -0.05) is 33.6 Å². The molecule has 2 fully saturated rings. The largest absolute Gasteiger partial charge is 0.396 e. The van der Waals surface area contributed by atoms with Crippen molar-refractivity contribution in [1.82, 2.24) is 0 Å². The van der Waals surface area contributed by atoms with Gasteiger partial charge in [0.25, 0.3) is 0 Å². The normalized spacial score (nSPS) is 41.6. The molecule has 0 bridgehead atoms. The molecule has 0 aromatic carbocycles. The van der Waals surface area contributed by atoms with E-state index < -0.39 is 0 Å². The molecule has 0 saturated heterocycles. The number of aliphatic hydroxyl groups excluding tert-OH is 1. The number of aliphatic hydroxyl groups is 1. The van der Waals surface area contributed by atoms with Crippen molar-refractivity contribution in [2.75, 3.05) is 6.61 Å². The highest BCUT2D eigenvalue weighted by atomic mass is 16.3. The molecule has 0 spiro atoms. The van der Waals surface area contributed by atoms with Crippen LogP contribution in [-0.4, -0.2) is 11.7 Å². The smallest absolute Gasteiger partial charge is 0.0484 e. The van der Waals surface area contributed by atoms with Gasteiger partial charge in [-0.15, -0.1) is 0 Å². The zero-order chi connectivity index (χ0) is 11.1. The van der Waals surface area contributed by atoms with Gasteiger partial charge in [0.2, 0.25) is 0 Å². The van der Waals surface area contributed by atoms with Gasteiger partial charge in [0, 0.05) is 6.61 Å². The molecule has 0 radical (unpaired) electrons. The van der Waals surface area contributed by atoms with Gasteiger partial charge in [-0.3, -0.25) is 0 Å². The number of rotatable bonds is 2. The third-order valence-electron chi connectivity index (χ3n) is 5.40. The third kappa shape index (κ3) is 1.73. The van der Waals surface area contributed by atoms with E-state index in [-0.39, 0.29) is 5.41 Å². The molecule has 0 aromatic heterocycles. The van der Waals surface area contributed by atoms with Gasteiger partial charge in [0.1, 0.15) is 0 Å². The molecule has 1 N–H and O–H groups in total. The predicted octanol–water partition coefficient (Wildman–Crippen LogP) is 3.61. The fourth-order valence-electron chi connectivity index (χ4n) is 4.45. The maximum Gasteiger partial charge on any atom is 0.0484 e. The van der Waals surface area contributed by atoms with Crippen LogP contribution in [0.5, 0.6) is 0 Å². The van der Waals surface area contributed by atoms with Crippen molar-refractivity contribution in [3.8, 4) is 0 Å². The first-order valence-corrected chi connectivity index (χ1v) is 6.61. The van der Waals surface area contributed by atoms with Crippen LogP contribution in [0, 0.1) is 22.7 Å². The maximum atomic E-state index is 9.56. The molecular weight excluding hydrogens is 184 g/mol. The molecule has 2 aliphatic carbocycles. The highest BCUT2D eigenvalue weighted by molar-refractivity contribution is 5.01. The first-order valence-electron chi connectivity index (χ1n) is 6.61. The van der Waals surface area contributed by atoms with Crippen molar-refractivity contribution in [1.29, 1.82) is 0 Å². The Hall–Kier alpha value is -0.0400. The Labute approximate surface area is 94.3 Å². The Kier molecular flexibility index (Phi) is 2.87. The van der Waals surface area contributed by atoms with Crippen LogP contribution >= 0.6 is 0 Å². The second-order valence-corrected chi connectivity index (χ2v) is 6.73. The van der Waals surface area contributed by atoms with Crippen LogP contribution in [-0.2, 0) is 0 Å². The van der Waals surface area contributed by atoms with E-state index in [9.17, 15) is 5.11 Å². The van der Waals surface area contributed by atoms with E-state index in [0.29, 0.717) is 12.0 Å². The molecule has 3 atom stereocenters. The molecule has 0 heterocycles. The van der Waals surface area contributed by atoms with Gasteiger partial charge in [-0.25, -0.2) is 0 Å². The fraction of sp³-hybridized carbons (Fsp3) is 1.00. The first-order chi connectivity index (χ1) is 7.00. The summed E-state index contributed by atoms with van der Waals surface area (Å²) in [4.78, 5) is 0. The molecule has 1 heteroatoms. The van der Waals surface area contributed by atoms with Crippen LogP contribution in [0.1, 0.15) is 59.3 Å². The van der Waals surface area contributed by atoms with Crippen molar-refractivity contribution >= 4 is 0 Å². The zero-order valence-electron chi connectivity index (χ0n) is 10.6. The Bertz CT molecular complexity index is 233. The third-order valence-corrected chi connectivity index (χ3v) is 5.40. The van der Waals surface area contributed by atoms with Crippen molar-refractivity contribution in [3.05, 3.63) is 0 Å². The van der Waals surface area contributed by atoms with E-state index in [1.165, 1.54) is 38.5 Å². The van der Waals surface area contributed by atoms with E-state index in [4.69, 9.17) is 0 Å². The lowest BCUT2D eigenvalue weighted by atomic mass is 9.59. The molecule has 2 rings (SSSR count). The molecule has 15 heavy (non-hydrogen) atoms. The molecule has 2 saturated carbocycles. The van der Waals surface area contributed by atoms with Crippen LogP contribution in [0.25, 0.3) is 0 Å². The van der Waals surface area contributed by atoms with Crippen molar-refractivity contribution < 1.29 is 5.11 Å². The summed E-state index contributed by atoms with van der Waals surface area (Å²) < 4.78 is 0. The minimum absolute atomic E-state index is 0.126. The highest BCUT2D eigenvalue weighted by Crippen LogP contribution is 2.60. The zero-order valence-corrected chi connectivity index (χ0v) is 10.6. The molecule has 0 aliphatic heterocycles. The summed E-state index contributed by atoms with van der Waals surface area (Å²) in [6, 6.07) is 0. The number of hydrogen-bond donors (Lipinski definition) is 1. The summed E-state index contributed by atoms with van der Waals surface area (Å²) in [6.07, 6.45) is 8.43. The monoisotopic (exact) mass is 210 g/mol. The quantitative estimate of drug-likeness (QED) is 0.738. The SMILES string of the molecule is CC(C)(CO)C1CCC2CCCCC21C. The van der Waals surface area contributed by atoms with Crippen molar-refractivity contribution in [2.24, 2.45) is 22.7 Å². The number of hydrogen-bond acceptors (Lipinski definition) is 1. The second-order valence-electron chi connectivity index (χ2n) is 6.73. The molecule has 0 amide bonds. The van der Waals surface area contributed by atoms with Gasteiger partial charge >= 0.3 is 0 Å². The minimum Gasteiger partial charge on any atom is -0.396 e. The van der Waals surface area contributed by atoms with Gasteiger partial charge in [-0.2, -0.15) is 0 Å². The van der Waals surface area contributed by atoms with E-state index >= 15 is 0 Å². The van der Waals surface area contributed by atoms with Crippen LogP contribution in [0.4, 0.5) is 0 Å². The molecule has 88 valence electrons. The average Bonchev–Trinajstić information content (AvgIpc) is 2.55. The molecule has 2 aliphatic rings. The summed E-state index contributed by atoms with van der Waals surface area (Å²) in [5, 5.41) is 9.56. The van der Waals surface area contributed by atoms with Crippen molar-refractivity contribution in [2.45, 2.75) is 59.3 Å². The maximum absolute atomic E-state index is 9.56. The average molecular weight is 210 g/mol. The van der Waals surface area contributed by atoms with E-state index in [1.54, 1.807) is 0 Å². The Morgan fingerprint density at radius 1 is 1.20 bits per heavy atom. The molecule has 1 nitrogen and oxygen atoms in total. The standard InChI is InChI=1S/C14H26O/c1-13(2,10-15)12-8-7-11-6-4-5-9-14(11,12)3/h11-12,15H,4-10H2,1-3H3. The summed E-state index contributed by atoms with van der Waals surface area (Å²) in [5.74, 6) is 1.68. The second kappa shape index (κ2) is 3.76. The molecule has 3 unspecified atom stereocenters. The summed E-state index contributed by atoms with van der Waals surface area (Å²) >= 11 is 0. The van der Waals surface area contributed by atoms with Gasteiger partial charge in [-0.05, 0) is 48.3 Å². The fourth-order valence-corrected chi connectivity index (χ4v) is 4.45. The lowest BCUT2D eigenvalue weighted by Crippen LogP contribution is -2.40. The van der Waals surface area contributed by atoms with E-state index in [2.05, 4.69) is 20.8 Å². The van der Waals surface area contributed by atoms with E-state index in [0.717, 1.165) is 11.8 Å². The lowest BCUT2D eigenvalue weighted by Gasteiger charge is -2.46. The Balaban J connectivity index is 2.21. The van der Waals surface area contributed by atoms with Crippen molar-refractivity contribution in [3.63, 3.8) is 0 Å². The number of fused-ring (bicyclic) bond motifs is 1. The van der Waals surface area contributed by atoms with Gasteiger partial charge in [0.15, 0.2) is 0 Å². The highest BCUT2D eigenvalue weighted by Gasteiger charge is 2.52. The van der Waals surface area contributed by atoms with Crippen LogP contribution in [0.15, 0.2) is 0 Å². The minimum atomic E-state index is 0.126. The lowest BCUT2D eigenvalue weighted by molar-refractivity contribution is -0.00416.